The molecule has 2 atom stereocenters. The van der Waals surface area contributed by atoms with E-state index in [1.54, 1.807) is 38.1 Å². The van der Waals surface area contributed by atoms with Gasteiger partial charge < -0.3 is 5.11 Å². The summed E-state index contributed by atoms with van der Waals surface area (Å²) in [6.45, 7) is 3.29. The molecule has 0 saturated heterocycles. The van der Waals surface area contributed by atoms with Gasteiger partial charge in [-0.3, -0.25) is 0 Å². The number of benzene rings is 1. The van der Waals surface area contributed by atoms with Crippen molar-refractivity contribution in [1.82, 2.24) is 0 Å². The second kappa shape index (κ2) is 5.90. The van der Waals surface area contributed by atoms with Crippen LogP contribution in [0.5, 0.6) is 0 Å². The highest BCUT2D eigenvalue weighted by Gasteiger charge is 2.45. The molecule has 18 heavy (non-hydrogen) atoms. The van der Waals surface area contributed by atoms with Gasteiger partial charge in [-0.05, 0) is 24.1 Å². The molecule has 0 saturated carbocycles. The van der Waals surface area contributed by atoms with Gasteiger partial charge >= 0.3 is 0 Å². The Morgan fingerprint density at radius 2 is 1.83 bits per heavy atom. The van der Waals surface area contributed by atoms with Gasteiger partial charge in [0.05, 0.1) is 0 Å². The molecule has 0 radical (unpaired) electrons. The van der Waals surface area contributed by atoms with Crippen LogP contribution in [-0.2, 0) is 9.84 Å². The van der Waals surface area contributed by atoms with Gasteiger partial charge in [-0.2, -0.15) is 0 Å². The van der Waals surface area contributed by atoms with Crippen molar-refractivity contribution in [3.8, 4) is 0 Å². The fraction of sp³-hybridized carbons (Fsp3) is 0.500. The van der Waals surface area contributed by atoms with E-state index in [1.807, 2.05) is 0 Å². The highest BCUT2D eigenvalue weighted by molar-refractivity contribution is 9.11. The minimum atomic E-state index is -3.43. The Hall–Kier alpha value is -0.100. The van der Waals surface area contributed by atoms with Crippen LogP contribution in [0.1, 0.15) is 31.9 Å². The lowest BCUT2D eigenvalue weighted by molar-refractivity contribution is 0.160. The summed E-state index contributed by atoms with van der Waals surface area (Å²) in [7, 11) is -3.43. The quantitative estimate of drug-likeness (QED) is 0.824. The Morgan fingerprint density at radius 3 is 2.22 bits per heavy atom. The summed E-state index contributed by atoms with van der Waals surface area (Å²) in [5.41, 5.74) is 0.523. The summed E-state index contributed by atoms with van der Waals surface area (Å²) in [5.74, 6) is -0.0310. The number of aliphatic hydroxyl groups is 1. The lowest BCUT2D eigenvalue weighted by Crippen LogP contribution is -2.39. The van der Waals surface area contributed by atoms with Crippen molar-refractivity contribution in [1.29, 1.82) is 0 Å². The Labute approximate surface area is 121 Å². The molecule has 0 aliphatic carbocycles. The van der Waals surface area contributed by atoms with E-state index in [0.29, 0.717) is 10.6 Å². The third kappa shape index (κ3) is 2.90. The number of sulfone groups is 1. The maximum atomic E-state index is 12.1. The smallest absolute Gasteiger partial charge is 0.168 e. The monoisotopic (exact) mass is 354 g/mol. The van der Waals surface area contributed by atoms with Gasteiger partial charge in [-0.25, -0.2) is 8.42 Å². The zero-order chi connectivity index (χ0) is 14.0. The summed E-state index contributed by atoms with van der Waals surface area (Å²) in [6.07, 6.45) is -0.864. The van der Waals surface area contributed by atoms with Crippen LogP contribution in [-0.4, -0.2) is 22.9 Å². The van der Waals surface area contributed by atoms with E-state index < -0.39 is 19.6 Å². The van der Waals surface area contributed by atoms with Gasteiger partial charge in [0.2, 0.25) is 0 Å². The highest BCUT2D eigenvalue weighted by atomic mass is 79.9. The predicted octanol–water partition coefficient (Wildman–Crippen LogP) is 3.31. The Kier molecular flexibility index (Phi) is 5.23. The third-order valence-corrected chi connectivity index (χ3v) is 8.01. The van der Waals surface area contributed by atoms with Crippen LogP contribution < -0.4 is 0 Å². The molecule has 0 aliphatic rings. The molecule has 3 nitrogen and oxygen atoms in total. The number of halogens is 2. The van der Waals surface area contributed by atoms with Crippen molar-refractivity contribution >= 4 is 37.4 Å². The average Bonchev–Trinajstić information content (AvgIpc) is 2.37. The van der Waals surface area contributed by atoms with Crippen LogP contribution in [0.3, 0.4) is 0 Å². The van der Waals surface area contributed by atoms with E-state index in [2.05, 4.69) is 15.9 Å². The van der Waals surface area contributed by atoms with Crippen molar-refractivity contribution in [2.75, 3.05) is 5.75 Å². The number of alkyl halides is 1. The number of hydrogen-bond acceptors (Lipinski definition) is 3. The van der Waals surface area contributed by atoms with Crippen LogP contribution in [0.15, 0.2) is 24.3 Å². The Morgan fingerprint density at radius 1 is 1.33 bits per heavy atom. The molecular weight excluding hydrogens is 340 g/mol. The minimum absolute atomic E-state index is 0.0310. The van der Waals surface area contributed by atoms with Crippen molar-refractivity contribution in [2.24, 2.45) is 0 Å². The molecule has 0 aromatic heterocycles. The molecule has 0 amide bonds. The summed E-state index contributed by atoms with van der Waals surface area (Å²) >= 11 is 8.99. The Balaban J connectivity index is 3.21. The molecule has 6 heteroatoms. The topological polar surface area (TPSA) is 54.4 Å². The molecule has 1 aromatic rings. The molecule has 0 heterocycles. The maximum absolute atomic E-state index is 12.1. The van der Waals surface area contributed by atoms with E-state index >= 15 is 0 Å². The van der Waals surface area contributed by atoms with Crippen molar-refractivity contribution in [3.05, 3.63) is 34.9 Å². The molecule has 0 fully saturated rings. The molecular formula is C12H16BrClO3S. The molecule has 0 unspecified atom stereocenters. The summed E-state index contributed by atoms with van der Waals surface area (Å²) < 4.78 is 22.8. The first kappa shape index (κ1) is 16.0. The molecule has 0 spiro atoms. The zero-order valence-electron chi connectivity index (χ0n) is 10.2. The van der Waals surface area contributed by atoms with Crippen LogP contribution in [0, 0.1) is 0 Å². The van der Waals surface area contributed by atoms with Gasteiger partial charge in [0.1, 0.15) is 6.10 Å². The normalized spacial score (nSPS) is 17.2. The van der Waals surface area contributed by atoms with Gasteiger partial charge in [0.25, 0.3) is 0 Å². The van der Waals surface area contributed by atoms with Crippen LogP contribution in [0.4, 0.5) is 0 Å². The van der Waals surface area contributed by atoms with E-state index in [9.17, 15) is 13.5 Å². The van der Waals surface area contributed by atoms with E-state index in [0.717, 1.165) is 0 Å². The maximum Gasteiger partial charge on any atom is 0.168 e. The summed E-state index contributed by atoms with van der Waals surface area (Å²) in [5, 5.41) is 10.9. The van der Waals surface area contributed by atoms with Crippen molar-refractivity contribution in [3.63, 3.8) is 0 Å². The fourth-order valence-corrected chi connectivity index (χ4v) is 4.19. The van der Waals surface area contributed by atoms with Gasteiger partial charge in [-0.1, -0.05) is 53.5 Å². The van der Waals surface area contributed by atoms with Crippen LogP contribution in [0.2, 0.25) is 5.02 Å². The van der Waals surface area contributed by atoms with Gasteiger partial charge in [0.15, 0.2) is 13.5 Å². The standard InChI is InChI=1S/C12H16BrClO3S/c1-3-12(13,18(16,17)4-2)11(15)9-5-7-10(14)8-6-9/h5-8,11,15H,3-4H2,1-2H3/t11-,12-/m1/s1. The predicted molar refractivity (Wildman–Crippen MR) is 77.8 cm³/mol. The van der Waals surface area contributed by atoms with Gasteiger partial charge in [-0.15, -0.1) is 0 Å². The van der Waals surface area contributed by atoms with E-state index in [4.69, 9.17) is 11.6 Å². The van der Waals surface area contributed by atoms with Gasteiger partial charge in [0, 0.05) is 10.8 Å². The van der Waals surface area contributed by atoms with Crippen molar-refractivity contribution < 1.29 is 13.5 Å². The second-order valence-corrected chi connectivity index (χ2v) is 8.91. The average molecular weight is 356 g/mol. The SMILES string of the molecule is CC[C@](Br)([C@H](O)c1ccc(Cl)cc1)S(=O)(=O)CC. The molecule has 102 valence electrons. The molecule has 0 bridgehead atoms. The lowest BCUT2D eigenvalue weighted by Gasteiger charge is -2.31. The van der Waals surface area contributed by atoms with Crippen LogP contribution in [0.25, 0.3) is 0 Å². The second-order valence-electron chi connectivity index (χ2n) is 4.00. The van der Waals surface area contributed by atoms with Crippen LogP contribution >= 0.6 is 27.5 Å². The Bertz CT molecular complexity index is 501. The first-order chi connectivity index (χ1) is 8.28. The summed E-state index contributed by atoms with van der Waals surface area (Å²) in [4.78, 5) is 0. The third-order valence-electron chi connectivity index (χ3n) is 2.97. The number of rotatable bonds is 5. The largest absolute Gasteiger partial charge is 0.386 e. The first-order valence-corrected chi connectivity index (χ1v) is 8.45. The minimum Gasteiger partial charge on any atom is -0.386 e. The number of aliphatic hydroxyl groups excluding tert-OH is 1. The van der Waals surface area contributed by atoms with E-state index in [-0.39, 0.29) is 12.2 Å². The van der Waals surface area contributed by atoms with E-state index in [1.165, 1.54) is 0 Å². The van der Waals surface area contributed by atoms with Crippen molar-refractivity contribution in [2.45, 2.75) is 30.0 Å². The number of hydrogen-bond donors (Lipinski definition) is 1. The first-order valence-electron chi connectivity index (χ1n) is 5.63. The molecule has 0 aliphatic heterocycles. The summed E-state index contributed by atoms with van der Waals surface area (Å²) in [6, 6.07) is 6.51. The molecule has 1 rings (SSSR count). The highest BCUT2D eigenvalue weighted by Crippen LogP contribution is 2.42. The zero-order valence-corrected chi connectivity index (χ0v) is 13.4. The fourth-order valence-electron chi connectivity index (χ4n) is 1.72. The lowest BCUT2D eigenvalue weighted by atomic mass is 10.1. The molecule has 1 aromatic carbocycles. The molecule has 1 N–H and O–H groups in total.